The molecule has 5 nitrogen and oxygen atoms in total. The van der Waals surface area contributed by atoms with Crippen LogP contribution in [-0.4, -0.2) is 24.4 Å². The van der Waals surface area contributed by atoms with Crippen LogP contribution in [0.4, 0.5) is 10.1 Å². The molecule has 2 amide bonds. The van der Waals surface area contributed by atoms with E-state index in [9.17, 15) is 14.0 Å². The Kier molecular flexibility index (Phi) is 5.32. The van der Waals surface area contributed by atoms with Crippen molar-refractivity contribution in [1.82, 2.24) is 5.32 Å². The first-order chi connectivity index (χ1) is 12.5. The van der Waals surface area contributed by atoms with Crippen LogP contribution in [0.15, 0.2) is 42.5 Å². The average Bonchev–Trinajstić information content (AvgIpc) is 3.46. The van der Waals surface area contributed by atoms with E-state index in [1.807, 2.05) is 0 Å². The number of benzene rings is 2. The summed E-state index contributed by atoms with van der Waals surface area (Å²) in [4.78, 5) is 25.2. The minimum absolute atomic E-state index is 0.0695. The molecule has 3 rings (SSSR count). The molecule has 26 heavy (non-hydrogen) atoms. The van der Waals surface area contributed by atoms with Crippen molar-refractivity contribution < 1.29 is 14.0 Å². The Balaban J connectivity index is 1.84. The van der Waals surface area contributed by atoms with E-state index in [0.29, 0.717) is 23.7 Å². The van der Waals surface area contributed by atoms with Gasteiger partial charge in [0.1, 0.15) is 5.82 Å². The Morgan fingerprint density at radius 1 is 1.12 bits per heavy atom. The van der Waals surface area contributed by atoms with Crippen molar-refractivity contribution in [3.63, 3.8) is 0 Å². The van der Waals surface area contributed by atoms with Gasteiger partial charge in [-0.25, -0.2) is 4.39 Å². The molecule has 2 aromatic rings. The molecule has 0 spiro atoms. The molecule has 136 valence electrons. The summed E-state index contributed by atoms with van der Waals surface area (Å²) in [7, 11) is 0. The first kappa shape index (κ1) is 18.1. The molecule has 1 fully saturated rings. The van der Waals surface area contributed by atoms with E-state index in [1.165, 1.54) is 18.2 Å². The first-order valence-electron chi connectivity index (χ1n) is 8.67. The summed E-state index contributed by atoms with van der Waals surface area (Å²) in [6, 6.07) is 10.8. The fourth-order valence-electron chi connectivity index (χ4n) is 2.96. The normalized spacial score (nSPS) is 14.6. The van der Waals surface area contributed by atoms with Crippen LogP contribution in [0.3, 0.4) is 0 Å². The number of nitrogens with one attached hydrogen (secondary N) is 2. The van der Waals surface area contributed by atoms with Gasteiger partial charge in [0, 0.05) is 12.6 Å². The summed E-state index contributed by atoms with van der Waals surface area (Å²) in [6.45, 7) is 2.16. The van der Waals surface area contributed by atoms with Crippen molar-refractivity contribution in [3.05, 3.63) is 65.0 Å². The number of carbonyl (C=O) groups is 2. The molecular formula is C20H22FN3O2. The van der Waals surface area contributed by atoms with E-state index >= 15 is 0 Å². The van der Waals surface area contributed by atoms with Crippen LogP contribution in [0.2, 0.25) is 0 Å². The topological polar surface area (TPSA) is 84.2 Å². The first-order valence-corrected chi connectivity index (χ1v) is 8.67. The van der Waals surface area contributed by atoms with Gasteiger partial charge in [-0.15, -0.1) is 0 Å². The van der Waals surface area contributed by atoms with Gasteiger partial charge in [0.15, 0.2) is 0 Å². The van der Waals surface area contributed by atoms with Gasteiger partial charge >= 0.3 is 0 Å². The number of nitrogens with two attached hydrogens (primary N) is 1. The second-order valence-electron chi connectivity index (χ2n) is 6.58. The lowest BCUT2D eigenvalue weighted by Gasteiger charge is -2.19. The van der Waals surface area contributed by atoms with Crippen LogP contribution < -0.4 is 16.4 Å². The van der Waals surface area contributed by atoms with Crippen LogP contribution in [0.5, 0.6) is 0 Å². The third-order valence-corrected chi connectivity index (χ3v) is 4.64. The predicted molar refractivity (Wildman–Crippen MR) is 98.6 cm³/mol. The lowest BCUT2D eigenvalue weighted by molar-refractivity contribution is 0.0934. The van der Waals surface area contributed by atoms with Crippen molar-refractivity contribution in [1.29, 1.82) is 0 Å². The maximum Gasteiger partial charge on any atom is 0.258 e. The van der Waals surface area contributed by atoms with Crippen molar-refractivity contribution in [3.8, 4) is 0 Å². The highest BCUT2D eigenvalue weighted by molar-refractivity contribution is 6.09. The zero-order valence-corrected chi connectivity index (χ0v) is 14.6. The highest BCUT2D eigenvalue weighted by Gasteiger charge is 2.32. The van der Waals surface area contributed by atoms with E-state index in [-0.39, 0.29) is 17.5 Å². The number of anilines is 1. The monoisotopic (exact) mass is 355 g/mol. The number of carbonyl (C=O) groups excluding carboxylic acids is 2. The smallest absolute Gasteiger partial charge is 0.258 e. The summed E-state index contributed by atoms with van der Waals surface area (Å²) in [5, 5.41) is 5.63. The third-order valence-electron chi connectivity index (χ3n) is 4.64. The van der Waals surface area contributed by atoms with Crippen LogP contribution in [-0.2, 0) is 0 Å². The standard InChI is InChI=1S/C20H22FN3O2/c1-12-5-4-7-15(20(26)23-17(11-22)13-9-10-13)18(12)24-19(25)14-6-2-3-8-16(14)21/h2-8,13,17H,9-11,22H2,1H3,(H,23,26)(H,24,25). The van der Waals surface area contributed by atoms with Gasteiger partial charge in [-0.05, 0) is 49.4 Å². The third kappa shape index (κ3) is 3.91. The Labute approximate surface area is 151 Å². The lowest BCUT2D eigenvalue weighted by Crippen LogP contribution is -2.42. The molecular weight excluding hydrogens is 333 g/mol. The van der Waals surface area contributed by atoms with Gasteiger partial charge in [0.05, 0.1) is 16.8 Å². The van der Waals surface area contributed by atoms with Crippen LogP contribution >= 0.6 is 0 Å². The van der Waals surface area contributed by atoms with E-state index < -0.39 is 11.7 Å². The van der Waals surface area contributed by atoms with Gasteiger partial charge < -0.3 is 16.4 Å². The second-order valence-corrected chi connectivity index (χ2v) is 6.58. The minimum atomic E-state index is -0.610. The molecule has 0 saturated heterocycles. The zero-order chi connectivity index (χ0) is 18.7. The molecule has 1 aliphatic rings. The van der Waals surface area contributed by atoms with E-state index in [2.05, 4.69) is 10.6 Å². The summed E-state index contributed by atoms with van der Waals surface area (Å²) in [5.74, 6) is -1.07. The summed E-state index contributed by atoms with van der Waals surface area (Å²) < 4.78 is 13.9. The molecule has 1 saturated carbocycles. The average molecular weight is 355 g/mol. The van der Waals surface area contributed by atoms with E-state index in [4.69, 9.17) is 5.73 Å². The van der Waals surface area contributed by atoms with Crippen LogP contribution in [0.1, 0.15) is 39.1 Å². The van der Waals surface area contributed by atoms with Gasteiger partial charge in [-0.1, -0.05) is 24.3 Å². The molecule has 1 unspecified atom stereocenters. The predicted octanol–water partition coefficient (Wildman–Crippen LogP) is 2.85. The number of para-hydroxylation sites is 1. The lowest BCUT2D eigenvalue weighted by atomic mass is 10.1. The molecule has 1 aliphatic carbocycles. The van der Waals surface area contributed by atoms with Gasteiger partial charge in [-0.2, -0.15) is 0 Å². The number of amides is 2. The Hall–Kier alpha value is -2.73. The van der Waals surface area contributed by atoms with Crippen molar-refractivity contribution in [2.24, 2.45) is 11.7 Å². The zero-order valence-electron chi connectivity index (χ0n) is 14.6. The second kappa shape index (κ2) is 7.66. The molecule has 2 aromatic carbocycles. The fourth-order valence-corrected chi connectivity index (χ4v) is 2.96. The Morgan fingerprint density at radius 2 is 1.81 bits per heavy atom. The van der Waals surface area contributed by atoms with Gasteiger partial charge in [0.25, 0.3) is 11.8 Å². The number of hydrogen-bond acceptors (Lipinski definition) is 3. The molecule has 6 heteroatoms. The van der Waals surface area contributed by atoms with Gasteiger partial charge in [0.2, 0.25) is 0 Å². The number of aryl methyl sites for hydroxylation is 1. The van der Waals surface area contributed by atoms with E-state index in [1.54, 1.807) is 31.2 Å². The molecule has 1 atom stereocenters. The quantitative estimate of drug-likeness (QED) is 0.745. The van der Waals surface area contributed by atoms with Crippen molar-refractivity contribution in [2.75, 3.05) is 11.9 Å². The number of rotatable bonds is 6. The summed E-state index contributed by atoms with van der Waals surface area (Å²) in [6.07, 6.45) is 2.12. The van der Waals surface area contributed by atoms with Gasteiger partial charge in [-0.3, -0.25) is 9.59 Å². The Morgan fingerprint density at radius 3 is 2.46 bits per heavy atom. The highest BCUT2D eigenvalue weighted by Crippen LogP contribution is 2.32. The largest absolute Gasteiger partial charge is 0.348 e. The summed E-state index contributed by atoms with van der Waals surface area (Å²) in [5.41, 5.74) is 7.13. The fraction of sp³-hybridized carbons (Fsp3) is 0.300. The summed E-state index contributed by atoms with van der Waals surface area (Å²) >= 11 is 0. The minimum Gasteiger partial charge on any atom is -0.348 e. The maximum absolute atomic E-state index is 13.9. The molecule has 4 N–H and O–H groups in total. The maximum atomic E-state index is 13.9. The van der Waals surface area contributed by atoms with Crippen molar-refractivity contribution >= 4 is 17.5 Å². The van der Waals surface area contributed by atoms with Crippen molar-refractivity contribution in [2.45, 2.75) is 25.8 Å². The molecule has 0 heterocycles. The molecule has 0 aromatic heterocycles. The Bertz CT molecular complexity index is 834. The number of hydrogen-bond donors (Lipinski definition) is 3. The van der Waals surface area contributed by atoms with Crippen LogP contribution in [0, 0.1) is 18.7 Å². The molecule has 0 aliphatic heterocycles. The highest BCUT2D eigenvalue weighted by atomic mass is 19.1. The van der Waals surface area contributed by atoms with Crippen LogP contribution in [0.25, 0.3) is 0 Å². The molecule has 0 bridgehead atoms. The number of halogens is 1. The van der Waals surface area contributed by atoms with E-state index in [0.717, 1.165) is 18.4 Å². The molecule has 0 radical (unpaired) electrons. The SMILES string of the molecule is Cc1cccc(C(=O)NC(CN)C2CC2)c1NC(=O)c1ccccc1F.